The monoisotopic (exact) mass is 342 g/mol. The lowest BCUT2D eigenvalue weighted by atomic mass is 9.83. The van der Waals surface area contributed by atoms with E-state index in [9.17, 15) is 4.79 Å². The van der Waals surface area contributed by atoms with Crippen LogP contribution in [0.15, 0.2) is 30.3 Å². The summed E-state index contributed by atoms with van der Waals surface area (Å²) in [5.74, 6) is 1.51. The summed E-state index contributed by atoms with van der Waals surface area (Å²) in [4.78, 5) is 17.1. The van der Waals surface area contributed by atoms with Crippen molar-refractivity contribution in [3.8, 4) is 0 Å². The van der Waals surface area contributed by atoms with Crippen molar-refractivity contribution in [2.45, 2.75) is 38.2 Å². The average Bonchev–Trinajstić information content (AvgIpc) is 3.31. The molecule has 1 aromatic carbocycles. The molecule has 4 nitrogen and oxygen atoms in total. The second-order valence-electron chi connectivity index (χ2n) is 7.91. The van der Waals surface area contributed by atoms with Gasteiger partial charge in [-0.05, 0) is 43.7 Å². The topological polar surface area (TPSA) is 32.8 Å². The first kappa shape index (κ1) is 17.0. The van der Waals surface area contributed by atoms with Crippen molar-refractivity contribution in [1.82, 2.24) is 9.80 Å². The summed E-state index contributed by atoms with van der Waals surface area (Å²) in [6.45, 7) is 6.15. The van der Waals surface area contributed by atoms with Gasteiger partial charge in [0.15, 0.2) is 0 Å². The van der Waals surface area contributed by atoms with Crippen LogP contribution in [0.4, 0.5) is 0 Å². The maximum atomic E-state index is 12.4. The Bertz CT molecular complexity index is 571. The summed E-state index contributed by atoms with van der Waals surface area (Å²) in [5.41, 5.74) is 1.42. The molecule has 3 atom stereocenters. The molecular weight excluding hydrogens is 312 g/mol. The summed E-state index contributed by atoms with van der Waals surface area (Å²) < 4.78 is 6.07. The van der Waals surface area contributed by atoms with Crippen molar-refractivity contribution < 1.29 is 9.53 Å². The van der Waals surface area contributed by atoms with Crippen molar-refractivity contribution in [2.75, 3.05) is 39.3 Å². The van der Waals surface area contributed by atoms with Gasteiger partial charge in [-0.1, -0.05) is 30.3 Å². The first-order valence-corrected chi connectivity index (χ1v) is 9.95. The van der Waals surface area contributed by atoms with E-state index in [0.29, 0.717) is 24.2 Å². The predicted molar refractivity (Wildman–Crippen MR) is 98.4 cm³/mol. The molecule has 1 aromatic rings. The third kappa shape index (κ3) is 4.06. The van der Waals surface area contributed by atoms with Gasteiger partial charge in [-0.25, -0.2) is 0 Å². The van der Waals surface area contributed by atoms with Gasteiger partial charge < -0.3 is 14.5 Å². The molecule has 25 heavy (non-hydrogen) atoms. The number of ether oxygens (including phenoxy) is 1. The van der Waals surface area contributed by atoms with Crippen LogP contribution in [0.5, 0.6) is 0 Å². The molecule has 0 radical (unpaired) electrons. The highest BCUT2D eigenvalue weighted by Gasteiger charge is 2.41. The molecule has 1 amide bonds. The van der Waals surface area contributed by atoms with Crippen LogP contribution in [-0.4, -0.2) is 61.1 Å². The number of fused-ring (bicyclic) bond motifs is 1. The van der Waals surface area contributed by atoms with Crippen LogP contribution >= 0.6 is 0 Å². The van der Waals surface area contributed by atoms with Crippen molar-refractivity contribution in [1.29, 1.82) is 0 Å². The number of nitrogens with zero attached hydrogens (tertiary/aromatic N) is 2. The minimum absolute atomic E-state index is 0.161. The maximum Gasteiger partial charge on any atom is 0.225 e. The number of hydrogen-bond donors (Lipinski definition) is 0. The summed E-state index contributed by atoms with van der Waals surface area (Å²) in [6, 6.07) is 10.7. The highest BCUT2D eigenvalue weighted by atomic mass is 16.5. The molecule has 0 saturated carbocycles. The van der Waals surface area contributed by atoms with Gasteiger partial charge in [0, 0.05) is 32.1 Å². The molecule has 4 heteroatoms. The molecule has 0 spiro atoms. The molecule has 3 aliphatic rings. The third-order valence-electron chi connectivity index (χ3n) is 6.27. The van der Waals surface area contributed by atoms with Gasteiger partial charge in [0.1, 0.15) is 0 Å². The van der Waals surface area contributed by atoms with E-state index >= 15 is 0 Å². The molecule has 136 valence electrons. The Balaban J connectivity index is 1.25. The quantitative estimate of drug-likeness (QED) is 0.824. The molecule has 3 saturated heterocycles. The minimum Gasteiger partial charge on any atom is -0.377 e. The van der Waals surface area contributed by atoms with Gasteiger partial charge in [-0.2, -0.15) is 0 Å². The summed E-state index contributed by atoms with van der Waals surface area (Å²) >= 11 is 0. The van der Waals surface area contributed by atoms with Crippen LogP contribution in [0.1, 0.15) is 31.2 Å². The predicted octanol–water partition coefficient (Wildman–Crippen LogP) is 2.58. The number of likely N-dealkylation sites (tertiary alicyclic amines) is 2. The van der Waals surface area contributed by atoms with Gasteiger partial charge in [0.2, 0.25) is 5.91 Å². The lowest BCUT2D eigenvalue weighted by Crippen LogP contribution is -2.43. The SMILES string of the molecule is O=C(C[C@H]1OC[C@H]2CN(CCc3ccccc3)CC[C@H]21)N1CCCC1. The van der Waals surface area contributed by atoms with Crippen molar-refractivity contribution in [2.24, 2.45) is 11.8 Å². The number of carbonyl (C=O) groups is 1. The second-order valence-corrected chi connectivity index (χ2v) is 7.91. The van der Waals surface area contributed by atoms with Crippen LogP contribution in [0, 0.1) is 11.8 Å². The number of rotatable bonds is 5. The number of carbonyl (C=O) groups excluding carboxylic acids is 1. The fraction of sp³-hybridized carbons (Fsp3) is 0.667. The summed E-state index contributed by atoms with van der Waals surface area (Å²) in [5, 5.41) is 0. The highest BCUT2D eigenvalue weighted by molar-refractivity contribution is 5.77. The van der Waals surface area contributed by atoms with Gasteiger partial charge in [0.05, 0.1) is 19.1 Å². The van der Waals surface area contributed by atoms with E-state index in [-0.39, 0.29) is 6.10 Å². The zero-order valence-electron chi connectivity index (χ0n) is 15.1. The van der Waals surface area contributed by atoms with Crippen LogP contribution in [0.3, 0.4) is 0 Å². The minimum atomic E-state index is 0.161. The number of piperidine rings is 1. The van der Waals surface area contributed by atoms with Crippen molar-refractivity contribution >= 4 is 5.91 Å². The number of hydrogen-bond acceptors (Lipinski definition) is 3. The summed E-state index contributed by atoms with van der Waals surface area (Å²) in [7, 11) is 0. The molecule has 3 aliphatic heterocycles. The van der Waals surface area contributed by atoms with Crippen molar-refractivity contribution in [3.05, 3.63) is 35.9 Å². The van der Waals surface area contributed by atoms with E-state index in [1.54, 1.807) is 0 Å². The lowest BCUT2D eigenvalue weighted by molar-refractivity contribution is -0.133. The molecule has 4 rings (SSSR count). The molecule has 3 heterocycles. The molecule has 0 unspecified atom stereocenters. The number of amides is 1. The second kappa shape index (κ2) is 7.88. The molecule has 0 aliphatic carbocycles. The molecule has 0 N–H and O–H groups in total. The molecule has 0 bridgehead atoms. The van der Waals surface area contributed by atoms with Gasteiger partial charge in [-0.3, -0.25) is 4.79 Å². The van der Waals surface area contributed by atoms with E-state index in [1.165, 1.54) is 24.8 Å². The van der Waals surface area contributed by atoms with E-state index in [0.717, 1.165) is 45.8 Å². The zero-order chi connectivity index (χ0) is 17.1. The van der Waals surface area contributed by atoms with Crippen molar-refractivity contribution in [3.63, 3.8) is 0 Å². The standard InChI is InChI=1S/C21H30N2O2/c24-21(23-10-4-5-11-23)14-20-19-9-13-22(15-18(19)16-25-20)12-8-17-6-2-1-3-7-17/h1-3,6-7,18-20H,4-5,8-16H2/t18-,19-,20-/m1/s1. The first-order valence-electron chi connectivity index (χ1n) is 9.95. The van der Waals surface area contributed by atoms with E-state index in [4.69, 9.17) is 4.74 Å². The van der Waals surface area contributed by atoms with E-state index in [2.05, 4.69) is 35.2 Å². The third-order valence-corrected chi connectivity index (χ3v) is 6.27. The van der Waals surface area contributed by atoms with E-state index in [1.807, 2.05) is 4.90 Å². The van der Waals surface area contributed by atoms with Crippen LogP contribution in [-0.2, 0) is 16.0 Å². The highest BCUT2D eigenvalue weighted by Crippen LogP contribution is 2.36. The molecule has 0 aromatic heterocycles. The fourth-order valence-electron chi connectivity index (χ4n) is 4.78. The van der Waals surface area contributed by atoms with E-state index < -0.39 is 0 Å². The largest absolute Gasteiger partial charge is 0.377 e. The lowest BCUT2D eigenvalue weighted by Gasteiger charge is -2.35. The Labute approximate surface area is 151 Å². The normalized spacial score (nSPS) is 29.8. The van der Waals surface area contributed by atoms with Crippen LogP contribution < -0.4 is 0 Å². The first-order chi connectivity index (χ1) is 12.3. The Hall–Kier alpha value is -1.39. The smallest absolute Gasteiger partial charge is 0.225 e. The average molecular weight is 342 g/mol. The Morgan fingerprint density at radius 1 is 1.12 bits per heavy atom. The Kier molecular flexibility index (Phi) is 5.37. The summed E-state index contributed by atoms with van der Waals surface area (Å²) in [6.07, 6.45) is 5.40. The van der Waals surface area contributed by atoms with Crippen LogP contribution in [0.2, 0.25) is 0 Å². The van der Waals surface area contributed by atoms with Gasteiger partial charge in [0.25, 0.3) is 0 Å². The fourth-order valence-corrected chi connectivity index (χ4v) is 4.78. The van der Waals surface area contributed by atoms with Crippen LogP contribution in [0.25, 0.3) is 0 Å². The maximum absolute atomic E-state index is 12.4. The molecular formula is C21H30N2O2. The number of benzene rings is 1. The van der Waals surface area contributed by atoms with Gasteiger partial charge in [-0.15, -0.1) is 0 Å². The Morgan fingerprint density at radius 2 is 1.92 bits per heavy atom. The van der Waals surface area contributed by atoms with Gasteiger partial charge >= 0.3 is 0 Å². The zero-order valence-corrected chi connectivity index (χ0v) is 15.1. The molecule has 3 fully saturated rings. The Morgan fingerprint density at radius 3 is 2.72 bits per heavy atom.